The normalized spacial score (nSPS) is 16.4. The molecule has 0 aliphatic heterocycles. The van der Waals surface area contributed by atoms with Crippen molar-refractivity contribution in [2.75, 3.05) is 25.0 Å². The molecule has 2 N–H and O–H groups in total. The van der Waals surface area contributed by atoms with Gasteiger partial charge in [-0.2, -0.15) is 0 Å². The average Bonchev–Trinajstić information content (AvgIpc) is 2.93. The molecule has 0 radical (unpaired) electrons. The van der Waals surface area contributed by atoms with Crippen LogP contribution in [0.1, 0.15) is 51.3 Å². The van der Waals surface area contributed by atoms with Crippen molar-refractivity contribution in [2.24, 2.45) is 0 Å². The van der Waals surface area contributed by atoms with Gasteiger partial charge in [-0.3, -0.25) is 0 Å². The zero-order chi connectivity index (χ0) is 14.0. The van der Waals surface area contributed by atoms with Gasteiger partial charge in [-0.15, -0.1) is 5.10 Å². The lowest BCUT2D eigenvalue weighted by atomic mass is 9.98. The van der Waals surface area contributed by atoms with Crippen molar-refractivity contribution in [2.45, 2.75) is 58.1 Å². The number of ether oxygens (including phenoxy) is 1. The molecular weight excluding hydrogens is 256 g/mol. The summed E-state index contributed by atoms with van der Waals surface area (Å²) in [5, 5.41) is 14.3. The minimum Gasteiger partial charge on any atom is -0.407 e. The van der Waals surface area contributed by atoms with Crippen molar-refractivity contribution >= 4 is 6.01 Å². The first-order valence-corrected chi connectivity index (χ1v) is 7.77. The molecule has 6 heteroatoms. The van der Waals surface area contributed by atoms with E-state index in [0.717, 1.165) is 13.0 Å². The summed E-state index contributed by atoms with van der Waals surface area (Å²) in [6.07, 6.45) is 7.90. The predicted octanol–water partition coefficient (Wildman–Crippen LogP) is 2.33. The van der Waals surface area contributed by atoms with Crippen molar-refractivity contribution in [3.8, 4) is 0 Å². The number of hydrogen-bond donors (Lipinski definition) is 2. The minimum atomic E-state index is 0.446. The molecule has 0 unspecified atom stereocenters. The van der Waals surface area contributed by atoms with E-state index < -0.39 is 0 Å². The highest BCUT2D eigenvalue weighted by Gasteiger charge is 2.13. The third-order valence-corrected chi connectivity index (χ3v) is 3.45. The smallest absolute Gasteiger partial charge is 0.315 e. The molecule has 0 atom stereocenters. The number of hydrogen-bond acceptors (Lipinski definition) is 6. The van der Waals surface area contributed by atoms with E-state index in [9.17, 15) is 0 Å². The molecule has 114 valence electrons. The van der Waals surface area contributed by atoms with Gasteiger partial charge >= 0.3 is 6.01 Å². The summed E-state index contributed by atoms with van der Waals surface area (Å²) < 4.78 is 11.3. The fourth-order valence-electron chi connectivity index (χ4n) is 2.38. The Bertz CT molecular complexity index is 364. The van der Waals surface area contributed by atoms with Gasteiger partial charge in [0.05, 0.1) is 19.3 Å². The topological polar surface area (TPSA) is 72.2 Å². The lowest BCUT2D eigenvalue weighted by molar-refractivity contribution is 0.0346. The van der Waals surface area contributed by atoms with Crippen LogP contribution in [0.2, 0.25) is 0 Å². The maximum absolute atomic E-state index is 5.83. The summed E-state index contributed by atoms with van der Waals surface area (Å²) in [4.78, 5) is 0. The quantitative estimate of drug-likeness (QED) is 0.677. The Balaban J connectivity index is 1.56. The number of rotatable bonds is 9. The molecule has 1 aromatic heterocycles. The Hall–Kier alpha value is -1.14. The molecule has 0 amide bonds. The summed E-state index contributed by atoms with van der Waals surface area (Å²) in [5.74, 6) is 0.620. The van der Waals surface area contributed by atoms with Crippen LogP contribution in [0.15, 0.2) is 4.42 Å². The van der Waals surface area contributed by atoms with Crippen molar-refractivity contribution in [3.05, 3.63) is 5.89 Å². The van der Waals surface area contributed by atoms with Gasteiger partial charge < -0.3 is 19.8 Å². The molecule has 1 fully saturated rings. The number of nitrogens with zero attached hydrogens (tertiary/aromatic N) is 2. The Morgan fingerprint density at radius 3 is 2.85 bits per heavy atom. The SMILES string of the molecule is CCCNCc1nnc(NCCOC2CCCCC2)o1. The van der Waals surface area contributed by atoms with Gasteiger partial charge in [0, 0.05) is 6.54 Å². The molecule has 0 spiro atoms. The van der Waals surface area contributed by atoms with Crippen LogP contribution in [0.25, 0.3) is 0 Å². The van der Waals surface area contributed by atoms with E-state index in [1.165, 1.54) is 32.1 Å². The predicted molar refractivity (Wildman–Crippen MR) is 77.6 cm³/mol. The van der Waals surface area contributed by atoms with E-state index in [4.69, 9.17) is 9.15 Å². The Labute approximate surface area is 120 Å². The van der Waals surface area contributed by atoms with Crippen LogP contribution in [-0.4, -0.2) is 36.0 Å². The average molecular weight is 282 g/mol. The molecule has 0 aromatic carbocycles. The molecule has 1 aromatic rings. The fourth-order valence-corrected chi connectivity index (χ4v) is 2.38. The van der Waals surface area contributed by atoms with Crippen molar-refractivity contribution < 1.29 is 9.15 Å². The first kappa shape index (κ1) is 15.3. The van der Waals surface area contributed by atoms with Crippen molar-refractivity contribution in [3.63, 3.8) is 0 Å². The minimum absolute atomic E-state index is 0.446. The van der Waals surface area contributed by atoms with E-state index in [1.54, 1.807) is 0 Å². The third-order valence-electron chi connectivity index (χ3n) is 3.45. The van der Waals surface area contributed by atoms with E-state index in [1.807, 2.05) is 0 Å². The van der Waals surface area contributed by atoms with Gasteiger partial charge in [-0.1, -0.05) is 31.3 Å². The summed E-state index contributed by atoms with van der Waals surface area (Å²) >= 11 is 0. The number of nitrogens with one attached hydrogen (secondary N) is 2. The van der Waals surface area contributed by atoms with Crippen LogP contribution < -0.4 is 10.6 Å². The van der Waals surface area contributed by atoms with Gasteiger partial charge in [0.1, 0.15) is 0 Å². The number of anilines is 1. The summed E-state index contributed by atoms with van der Waals surface area (Å²) in [5.41, 5.74) is 0. The lowest BCUT2D eigenvalue weighted by Gasteiger charge is -2.21. The van der Waals surface area contributed by atoms with Gasteiger partial charge in [-0.05, 0) is 25.8 Å². The first-order chi connectivity index (χ1) is 9.88. The molecule has 6 nitrogen and oxygen atoms in total. The standard InChI is InChI=1S/C14H26N4O2/c1-2-8-15-11-13-17-18-14(20-13)16-9-10-19-12-6-4-3-5-7-12/h12,15H,2-11H2,1H3,(H,16,18). The Morgan fingerprint density at radius 2 is 2.05 bits per heavy atom. The molecule has 20 heavy (non-hydrogen) atoms. The number of aromatic nitrogens is 2. The second-order valence-corrected chi connectivity index (χ2v) is 5.24. The second-order valence-electron chi connectivity index (χ2n) is 5.24. The highest BCUT2D eigenvalue weighted by atomic mass is 16.5. The van der Waals surface area contributed by atoms with E-state index in [-0.39, 0.29) is 0 Å². The molecule has 0 saturated heterocycles. The zero-order valence-electron chi connectivity index (χ0n) is 12.4. The lowest BCUT2D eigenvalue weighted by Crippen LogP contribution is -2.20. The molecular formula is C14H26N4O2. The first-order valence-electron chi connectivity index (χ1n) is 7.77. The van der Waals surface area contributed by atoms with Crippen molar-refractivity contribution in [1.29, 1.82) is 0 Å². The molecule has 0 bridgehead atoms. The molecule has 1 aliphatic carbocycles. The molecule has 2 rings (SSSR count). The Morgan fingerprint density at radius 1 is 1.20 bits per heavy atom. The van der Waals surface area contributed by atoms with Gasteiger partial charge in [0.15, 0.2) is 0 Å². The van der Waals surface area contributed by atoms with E-state index in [0.29, 0.717) is 37.7 Å². The summed E-state index contributed by atoms with van der Waals surface area (Å²) in [6, 6.07) is 0.477. The van der Waals surface area contributed by atoms with Crippen molar-refractivity contribution in [1.82, 2.24) is 15.5 Å². The van der Waals surface area contributed by atoms with Crippen LogP contribution in [0.3, 0.4) is 0 Å². The van der Waals surface area contributed by atoms with Gasteiger partial charge in [0.2, 0.25) is 5.89 Å². The summed E-state index contributed by atoms with van der Waals surface area (Å²) in [7, 11) is 0. The van der Waals surface area contributed by atoms with Crippen LogP contribution >= 0.6 is 0 Å². The van der Waals surface area contributed by atoms with Gasteiger partial charge in [0.25, 0.3) is 0 Å². The largest absolute Gasteiger partial charge is 0.407 e. The third kappa shape index (κ3) is 5.46. The van der Waals surface area contributed by atoms with E-state index in [2.05, 4.69) is 27.8 Å². The second kappa shape index (κ2) is 8.92. The van der Waals surface area contributed by atoms with Gasteiger partial charge in [-0.25, -0.2) is 0 Å². The maximum atomic E-state index is 5.83. The molecule has 1 saturated carbocycles. The van der Waals surface area contributed by atoms with Crippen LogP contribution in [0.4, 0.5) is 6.01 Å². The van der Waals surface area contributed by atoms with Crippen LogP contribution in [0, 0.1) is 0 Å². The summed E-state index contributed by atoms with van der Waals surface area (Å²) in [6.45, 7) is 5.11. The van der Waals surface area contributed by atoms with Crippen LogP contribution in [-0.2, 0) is 11.3 Å². The maximum Gasteiger partial charge on any atom is 0.315 e. The monoisotopic (exact) mass is 282 g/mol. The Kier molecular flexibility index (Phi) is 6.80. The molecule has 1 aliphatic rings. The highest BCUT2D eigenvalue weighted by Crippen LogP contribution is 2.19. The van der Waals surface area contributed by atoms with E-state index >= 15 is 0 Å². The highest BCUT2D eigenvalue weighted by molar-refractivity contribution is 5.16. The fraction of sp³-hybridized carbons (Fsp3) is 0.857. The van der Waals surface area contributed by atoms with Crippen LogP contribution in [0.5, 0.6) is 0 Å². The molecule has 1 heterocycles. The zero-order valence-corrected chi connectivity index (χ0v) is 12.4.